The molecule has 0 spiro atoms. The summed E-state index contributed by atoms with van der Waals surface area (Å²) < 4.78 is 22.1. The molecule has 1 aliphatic rings. The molecule has 100 valence electrons. The molecule has 0 aliphatic heterocycles. The Kier molecular flexibility index (Phi) is 6.12. The van der Waals surface area contributed by atoms with Crippen molar-refractivity contribution in [2.45, 2.75) is 44.0 Å². The molecule has 1 fully saturated rings. The standard InChI is InChI=1S/C12H22O4S/c1-9(12(13)16-3)8-17(14)11-6-4-5-10(7-11)15-2/h9-11H,4-8H2,1-3H3. The van der Waals surface area contributed by atoms with Crippen LogP contribution in [-0.4, -0.2) is 41.5 Å². The Bertz CT molecular complexity index is 280. The van der Waals surface area contributed by atoms with E-state index in [-0.39, 0.29) is 23.2 Å². The van der Waals surface area contributed by atoms with E-state index in [1.807, 2.05) is 0 Å². The van der Waals surface area contributed by atoms with Gasteiger partial charge < -0.3 is 9.47 Å². The molecular weight excluding hydrogens is 240 g/mol. The zero-order valence-electron chi connectivity index (χ0n) is 10.8. The highest BCUT2D eigenvalue weighted by Crippen LogP contribution is 2.25. The van der Waals surface area contributed by atoms with Crippen LogP contribution in [0.5, 0.6) is 0 Å². The van der Waals surface area contributed by atoms with Gasteiger partial charge in [-0.15, -0.1) is 0 Å². The highest BCUT2D eigenvalue weighted by molar-refractivity contribution is 7.85. The molecule has 0 amide bonds. The summed E-state index contributed by atoms with van der Waals surface area (Å²) in [6.45, 7) is 1.76. The molecule has 0 bridgehead atoms. The summed E-state index contributed by atoms with van der Waals surface area (Å²) in [7, 11) is 2.10. The first-order valence-corrected chi connectivity index (χ1v) is 7.44. The molecule has 4 nitrogen and oxygen atoms in total. The van der Waals surface area contributed by atoms with Gasteiger partial charge in [0.1, 0.15) is 0 Å². The number of hydrogen-bond donors (Lipinski definition) is 0. The van der Waals surface area contributed by atoms with Crippen LogP contribution in [-0.2, 0) is 25.1 Å². The lowest BCUT2D eigenvalue weighted by atomic mass is 9.97. The summed E-state index contributed by atoms with van der Waals surface area (Å²) in [6.07, 6.45) is 4.15. The first-order chi connectivity index (χ1) is 8.08. The average Bonchev–Trinajstić information content (AvgIpc) is 2.37. The molecule has 17 heavy (non-hydrogen) atoms. The quantitative estimate of drug-likeness (QED) is 0.705. The number of carbonyl (C=O) groups is 1. The number of rotatable bonds is 5. The van der Waals surface area contributed by atoms with Crippen LogP contribution in [0.1, 0.15) is 32.6 Å². The molecule has 1 aliphatic carbocycles. The van der Waals surface area contributed by atoms with Gasteiger partial charge in [0.05, 0.1) is 19.1 Å². The fourth-order valence-electron chi connectivity index (χ4n) is 2.21. The Hall–Kier alpha value is -0.420. The van der Waals surface area contributed by atoms with Crippen molar-refractivity contribution in [2.24, 2.45) is 5.92 Å². The second-order valence-electron chi connectivity index (χ2n) is 4.62. The minimum absolute atomic E-state index is 0.167. The van der Waals surface area contributed by atoms with E-state index in [0.29, 0.717) is 5.75 Å². The fraction of sp³-hybridized carbons (Fsp3) is 0.917. The molecule has 0 saturated heterocycles. The lowest BCUT2D eigenvalue weighted by molar-refractivity contribution is -0.144. The van der Waals surface area contributed by atoms with Crippen molar-refractivity contribution in [3.05, 3.63) is 0 Å². The summed E-state index contributed by atoms with van der Waals surface area (Å²) in [4.78, 5) is 11.3. The number of carbonyl (C=O) groups excluding carboxylic acids is 1. The molecule has 4 unspecified atom stereocenters. The van der Waals surface area contributed by atoms with E-state index in [4.69, 9.17) is 4.74 Å². The lowest BCUT2D eigenvalue weighted by Gasteiger charge is -2.28. The monoisotopic (exact) mass is 262 g/mol. The predicted molar refractivity (Wildman–Crippen MR) is 67.2 cm³/mol. The van der Waals surface area contributed by atoms with Crippen LogP contribution in [0.2, 0.25) is 0 Å². The van der Waals surface area contributed by atoms with Gasteiger partial charge in [0, 0.05) is 28.9 Å². The second kappa shape index (κ2) is 7.11. The zero-order valence-corrected chi connectivity index (χ0v) is 11.6. The van der Waals surface area contributed by atoms with Gasteiger partial charge in [0.25, 0.3) is 0 Å². The van der Waals surface area contributed by atoms with Crippen LogP contribution in [0.3, 0.4) is 0 Å². The highest BCUT2D eigenvalue weighted by atomic mass is 32.2. The maximum absolute atomic E-state index is 12.1. The molecule has 0 aromatic carbocycles. The largest absolute Gasteiger partial charge is 0.469 e. The third-order valence-electron chi connectivity index (χ3n) is 3.30. The van der Waals surface area contributed by atoms with Crippen molar-refractivity contribution in [2.75, 3.05) is 20.0 Å². The van der Waals surface area contributed by atoms with Crippen LogP contribution < -0.4 is 0 Å². The van der Waals surface area contributed by atoms with Crippen LogP contribution in [0, 0.1) is 5.92 Å². The van der Waals surface area contributed by atoms with Crippen molar-refractivity contribution in [3.8, 4) is 0 Å². The van der Waals surface area contributed by atoms with E-state index >= 15 is 0 Å². The average molecular weight is 262 g/mol. The normalized spacial score (nSPS) is 28.4. The van der Waals surface area contributed by atoms with Crippen molar-refractivity contribution in [1.29, 1.82) is 0 Å². The molecule has 0 heterocycles. The summed E-state index contributed by atoms with van der Waals surface area (Å²) >= 11 is 0. The van der Waals surface area contributed by atoms with E-state index in [1.54, 1.807) is 14.0 Å². The topological polar surface area (TPSA) is 52.6 Å². The Morgan fingerprint density at radius 3 is 2.71 bits per heavy atom. The van der Waals surface area contributed by atoms with Crippen molar-refractivity contribution >= 4 is 16.8 Å². The SMILES string of the molecule is COC(=O)C(C)CS(=O)C1CCCC(OC)C1. The third kappa shape index (κ3) is 4.39. The van der Waals surface area contributed by atoms with Crippen LogP contribution in [0.15, 0.2) is 0 Å². The summed E-state index contributed by atoms with van der Waals surface area (Å²) in [5.74, 6) is -0.172. The molecule has 1 saturated carbocycles. The maximum atomic E-state index is 12.1. The number of hydrogen-bond acceptors (Lipinski definition) is 4. The third-order valence-corrected chi connectivity index (χ3v) is 5.30. The van der Waals surface area contributed by atoms with Gasteiger partial charge in [0.15, 0.2) is 0 Å². The number of ether oxygens (including phenoxy) is 2. The van der Waals surface area contributed by atoms with E-state index in [0.717, 1.165) is 25.7 Å². The molecule has 4 atom stereocenters. The van der Waals surface area contributed by atoms with Gasteiger partial charge in [-0.1, -0.05) is 6.92 Å². The number of methoxy groups -OCH3 is 2. The van der Waals surface area contributed by atoms with Gasteiger partial charge in [-0.2, -0.15) is 0 Å². The minimum atomic E-state index is -0.962. The molecule has 0 aromatic heterocycles. The Labute approximate surface area is 106 Å². The highest BCUT2D eigenvalue weighted by Gasteiger charge is 2.28. The predicted octanol–water partition coefficient (Wildman–Crippen LogP) is 1.50. The first kappa shape index (κ1) is 14.6. The van der Waals surface area contributed by atoms with Gasteiger partial charge in [-0.25, -0.2) is 0 Å². The molecular formula is C12H22O4S. The van der Waals surface area contributed by atoms with E-state index in [2.05, 4.69) is 4.74 Å². The lowest BCUT2D eigenvalue weighted by Crippen LogP contribution is -2.32. The number of esters is 1. The summed E-state index contributed by atoms with van der Waals surface area (Å²) in [6, 6.07) is 0. The van der Waals surface area contributed by atoms with Crippen LogP contribution >= 0.6 is 0 Å². The molecule has 0 radical (unpaired) electrons. The Morgan fingerprint density at radius 2 is 2.12 bits per heavy atom. The van der Waals surface area contributed by atoms with Gasteiger partial charge in [-0.3, -0.25) is 9.00 Å². The smallest absolute Gasteiger partial charge is 0.309 e. The van der Waals surface area contributed by atoms with Gasteiger partial charge in [0.2, 0.25) is 0 Å². The zero-order chi connectivity index (χ0) is 12.8. The minimum Gasteiger partial charge on any atom is -0.469 e. The fourth-order valence-corrected chi connectivity index (χ4v) is 3.97. The Morgan fingerprint density at radius 1 is 1.41 bits per heavy atom. The summed E-state index contributed by atoms with van der Waals surface area (Å²) in [5.41, 5.74) is 0. The van der Waals surface area contributed by atoms with E-state index < -0.39 is 10.8 Å². The van der Waals surface area contributed by atoms with E-state index in [1.165, 1.54) is 7.11 Å². The Balaban J connectivity index is 2.44. The summed E-state index contributed by atoms with van der Waals surface area (Å²) in [5, 5.41) is 0.167. The molecule has 0 aromatic rings. The second-order valence-corrected chi connectivity index (χ2v) is 6.38. The van der Waals surface area contributed by atoms with Gasteiger partial charge in [-0.05, 0) is 25.7 Å². The first-order valence-electron chi connectivity index (χ1n) is 6.06. The molecule has 0 N–H and O–H groups in total. The van der Waals surface area contributed by atoms with Crippen LogP contribution in [0.4, 0.5) is 0 Å². The van der Waals surface area contributed by atoms with Crippen molar-refractivity contribution in [3.63, 3.8) is 0 Å². The van der Waals surface area contributed by atoms with E-state index in [9.17, 15) is 9.00 Å². The van der Waals surface area contributed by atoms with Crippen molar-refractivity contribution < 1.29 is 18.5 Å². The van der Waals surface area contributed by atoms with Gasteiger partial charge >= 0.3 is 5.97 Å². The van der Waals surface area contributed by atoms with Crippen molar-refractivity contribution in [1.82, 2.24) is 0 Å². The molecule has 5 heteroatoms. The van der Waals surface area contributed by atoms with Crippen LogP contribution in [0.25, 0.3) is 0 Å². The maximum Gasteiger partial charge on any atom is 0.309 e. The molecule has 1 rings (SSSR count).